The molecule has 0 saturated carbocycles. The summed E-state index contributed by atoms with van der Waals surface area (Å²) in [6.45, 7) is 2.36. The number of benzene rings is 1. The van der Waals surface area contributed by atoms with Crippen molar-refractivity contribution >= 4 is 34.4 Å². The highest BCUT2D eigenvalue weighted by Gasteiger charge is 2.29. The predicted octanol–water partition coefficient (Wildman–Crippen LogP) is 2.71. The van der Waals surface area contributed by atoms with Gasteiger partial charge in [0.2, 0.25) is 5.91 Å². The summed E-state index contributed by atoms with van der Waals surface area (Å²) < 4.78 is 5.45. The molecule has 1 aliphatic carbocycles. The maximum atomic E-state index is 11.9. The van der Waals surface area contributed by atoms with E-state index in [0.717, 1.165) is 42.3 Å². The molecule has 0 radical (unpaired) electrons. The van der Waals surface area contributed by atoms with E-state index in [1.54, 1.807) is 12.1 Å². The minimum atomic E-state index is -1.04. The molecule has 7 nitrogen and oxygen atoms in total. The Balaban J connectivity index is 1.96. The van der Waals surface area contributed by atoms with Gasteiger partial charge in [-0.1, -0.05) is 11.6 Å². The normalized spacial score (nSPS) is 18.4. The number of rotatable bonds is 5. The smallest absolute Gasteiger partial charge is 0.335 e. The Bertz CT molecular complexity index is 972. The summed E-state index contributed by atoms with van der Waals surface area (Å²) in [4.78, 5) is 30.6. The maximum absolute atomic E-state index is 11.9. The predicted molar refractivity (Wildman–Crippen MR) is 109 cm³/mol. The number of ether oxygens (including phenoxy) is 1. The molecule has 154 valence electrons. The van der Waals surface area contributed by atoms with Crippen molar-refractivity contribution in [1.29, 1.82) is 0 Å². The van der Waals surface area contributed by atoms with Gasteiger partial charge >= 0.3 is 5.97 Å². The maximum Gasteiger partial charge on any atom is 0.335 e. The second kappa shape index (κ2) is 8.26. The first-order valence-electron chi connectivity index (χ1n) is 9.94. The van der Waals surface area contributed by atoms with Gasteiger partial charge < -0.3 is 15.6 Å². The fourth-order valence-corrected chi connectivity index (χ4v) is 4.83. The molecule has 1 amide bonds. The Morgan fingerprint density at radius 1 is 1.24 bits per heavy atom. The summed E-state index contributed by atoms with van der Waals surface area (Å²) in [7, 11) is 0. The van der Waals surface area contributed by atoms with Gasteiger partial charge in [-0.25, -0.2) is 4.79 Å². The summed E-state index contributed by atoms with van der Waals surface area (Å²) in [5.74, 6) is -1.49. The largest absolute Gasteiger partial charge is 0.478 e. The van der Waals surface area contributed by atoms with Crippen molar-refractivity contribution in [3.8, 4) is 0 Å². The van der Waals surface area contributed by atoms with Gasteiger partial charge in [-0.05, 0) is 48.9 Å². The number of nitrogens with two attached hydrogens (primary N) is 1. The van der Waals surface area contributed by atoms with E-state index in [1.807, 2.05) is 0 Å². The minimum absolute atomic E-state index is 0.0750. The van der Waals surface area contributed by atoms with Crippen LogP contribution in [0, 0.1) is 0 Å². The highest BCUT2D eigenvalue weighted by molar-refractivity contribution is 6.36. The molecule has 29 heavy (non-hydrogen) atoms. The number of nitrogens with zero attached hydrogens (tertiary/aromatic N) is 2. The van der Waals surface area contributed by atoms with Crippen molar-refractivity contribution < 1.29 is 19.4 Å². The highest BCUT2D eigenvalue weighted by atomic mass is 35.5. The number of carbonyl (C=O) groups is 2. The summed E-state index contributed by atoms with van der Waals surface area (Å²) in [5.41, 5.74) is 8.95. The van der Waals surface area contributed by atoms with E-state index in [2.05, 4.69) is 4.90 Å². The lowest BCUT2D eigenvalue weighted by molar-refractivity contribution is -0.119. The molecular formula is C21H24ClN3O4. The summed E-state index contributed by atoms with van der Waals surface area (Å²) >= 11 is 6.87. The SMILES string of the molecule is NC(=O)CC(c1cc(C(=O)O)cc2nc3c(c(Cl)c12)CCCC3)N1CCOCC1. The van der Waals surface area contributed by atoms with Gasteiger partial charge in [0, 0.05) is 36.6 Å². The lowest BCUT2D eigenvalue weighted by atomic mass is 9.90. The number of carbonyl (C=O) groups excluding carboxylic acids is 1. The van der Waals surface area contributed by atoms with Gasteiger partial charge in [-0.3, -0.25) is 14.7 Å². The Hall–Kier alpha value is -2.22. The van der Waals surface area contributed by atoms with Gasteiger partial charge in [0.15, 0.2) is 0 Å². The Labute approximate surface area is 173 Å². The quantitative estimate of drug-likeness (QED) is 0.774. The highest BCUT2D eigenvalue weighted by Crippen LogP contribution is 2.39. The first-order valence-corrected chi connectivity index (χ1v) is 10.3. The molecule has 1 unspecified atom stereocenters. The molecule has 1 aliphatic heterocycles. The molecule has 4 rings (SSSR count). The number of aromatic nitrogens is 1. The van der Waals surface area contributed by atoms with Crippen molar-refractivity contribution in [2.24, 2.45) is 5.73 Å². The third-order valence-corrected chi connectivity index (χ3v) is 6.23. The fourth-order valence-electron chi connectivity index (χ4n) is 4.42. The van der Waals surface area contributed by atoms with Gasteiger partial charge in [-0.2, -0.15) is 0 Å². The lowest BCUT2D eigenvalue weighted by Crippen LogP contribution is -2.40. The number of aromatic carboxylic acids is 1. The Morgan fingerprint density at radius 3 is 2.66 bits per heavy atom. The molecule has 0 spiro atoms. The van der Waals surface area contributed by atoms with E-state index in [4.69, 9.17) is 27.1 Å². The molecule has 3 N–H and O–H groups in total. The third-order valence-electron chi connectivity index (χ3n) is 5.81. The standard InChI is InChI=1S/C21H24ClN3O4/c22-20-13-3-1-2-4-15(13)24-16-10-12(21(27)28)9-14(19(16)20)17(11-18(23)26)25-5-7-29-8-6-25/h9-10,17H,1-8,11H2,(H2,23,26)(H,27,28). The fraction of sp³-hybridized carbons (Fsp3) is 0.476. The molecule has 1 aromatic heterocycles. The number of amides is 1. The first-order chi connectivity index (χ1) is 14.0. The van der Waals surface area contributed by atoms with E-state index in [1.165, 1.54) is 0 Å². The molecule has 1 aromatic carbocycles. The van der Waals surface area contributed by atoms with Gasteiger partial charge in [0.05, 0.1) is 29.3 Å². The van der Waals surface area contributed by atoms with Crippen LogP contribution in [0.15, 0.2) is 12.1 Å². The van der Waals surface area contributed by atoms with E-state index < -0.39 is 11.9 Å². The average molecular weight is 418 g/mol. The zero-order chi connectivity index (χ0) is 20.5. The van der Waals surface area contributed by atoms with Crippen LogP contribution in [-0.2, 0) is 22.4 Å². The van der Waals surface area contributed by atoms with Crippen molar-refractivity contribution in [3.05, 3.63) is 39.5 Å². The molecule has 2 aliphatic rings. The number of primary amides is 1. The van der Waals surface area contributed by atoms with Crippen molar-refractivity contribution in [1.82, 2.24) is 9.88 Å². The molecule has 1 atom stereocenters. The van der Waals surface area contributed by atoms with E-state index in [9.17, 15) is 14.7 Å². The molecular weight excluding hydrogens is 394 g/mol. The lowest BCUT2D eigenvalue weighted by Gasteiger charge is -2.35. The molecule has 0 bridgehead atoms. The molecule has 1 saturated heterocycles. The van der Waals surface area contributed by atoms with E-state index in [0.29, 0.717) is 42.4 Å². The van der Waals surface area contributed by atoms with Crippen LogP contribution in [0.4, 0.5) is 0 Å². The number of pyridine rings is 1. The van der Waals surface area contributed by atoms with Crippen LogP contribution in [0.25, 0.3) is 10.9 Å². The number of hydrogen-bond acceptors (Lipinski definition) is 5. The van der Waals surface area contributed by atoms with Crippen LogP contribution in [-0.4, -0.2) is 53.2 Å². The van der Waals surface area contributed by atoms with Crippen LogP contribution in [0.2, 0.25) is 5.02 Å². The van der Waals surface area contributed by atoms with E-state index in [-0.39, 0.29) is 18.0 Å². The molecule has 8 heteroatoms. The topological polar surface area (TPSA) is 106 Å². The summed E-state index contributed by atoms with van der Waals surface area (Å²) in [6, 6.07) is 2.82. The van der Waals surface area contributed by atoms with Gasteiger partial charge in [0.1, 0.15) is 0 Å². The summed E-state index contributed by atoms with van der Waals surface area (Å²) in [5, 5.41) is 11.0. The number of fused-ring (bicyclic) bond motifs is 2. The number of carboxylic acid groups (broad SMARTS) is 1. The third kappa shape index (κ3) is 3.95. The Morgan fingerprint density at radius 2 is 1.97 bits per heavy atom. The van der Waals surface area contributed by atoms with Crippen LogP contribution >= 0.6 is 11.6 Å². The zero-order valence-corrected chi connectivity index (χ0v) is 16.9. The number of halogens is 1. The molecule has 2 heterocycles. The Kier molecular flexibility index (Phi) is 5.72. The van der Waals surface area contributed by atoms with Crippen LogP contribution in [0.5, 0.6) is 0 Å². The van der Waals surface area contributed by atoms with Crippen LogP contribution < -0.4 is 5.73 Å². The van der Waals surface area contributed by atoms with Crippen molar-refractivity contribution in [2.75, 3.05) is 26.3 Å². The molecule has 1 fully saturated rings. The number of aryl methyl sites for hydroxylation is 1. The second-order valence-electron chi connectivity index (χ2n) is 7.66. The van der Waals surface area contributed by atoms with Crippen LogP contribution in [0.1, 0.15) is 52.5 Å². The van der Waals surface area contributed by atoms with Crippen LogP contribution in [0.3, 0.4) is 0 Å². The molecule has 2 aromatic rings. The van der Waals surface area contributed by atoms with Crippen molar-refractivity contribution in [2.45, 2.75) is 38.1 Å². The average Bonchev–Trinajstić information content (AvgIpc) is 2.72. The second-order valence-corrected chi connectivity index (χ2v) is 8.04. The zero-order valence-electron chi connectivity index (χ0n) is 16.1. The van der Waals surface area contributed by atoms with Gasteiger partial charge in [-0.15, -0.1) is 0 Å². The van der Waals surface area contributed by atoms with Crippen molar-refractivity contribution in [3.63, 3.8) is 0 Å². The minimum Gasteiger partial charge on any atom is -0.478 e. The summed E-state index contributed by atoms with van der Waals surface area (Å²) in [6.07, 6.45) is 3.87. The first kappa shape index (κ1) is 20.1. The number of morpholine rings is 1. The number of hydrogen-bond donors (Lipinski definition) is 2. The van der Waals surface area contributed by atoms with E-state index >= 15 is 0 Å². The number of carboxylic acids is 1. The van der Waals surface area contributed by atoms with Gasteiger partial charge in [0.25, 0.3) is 0 Å². The monoisotopic (exact) mass is 417 g/mol.